The van der Waals surface area contributed by atoms with Gasteiger partial charge in [-0.05, 0) is 32.3 Å². The van der Waals surface area contributed by atoms with Gasteiger partial charge in [0, 0.05) is 18.4 Å². The fourth-order valence-electron chi connectivity index (χ4n) is 2.00. The molecule has 122 valence electrons. The maximum atomic E-state index is 12.0. The molecular formula is C15H24N4O2S. The zero-order chi connectivity index (χ0) is 16.7. The molecule has 0 fully saturated rings. The molecule has 0 saturated carbocycles. The predicted molar refractivity (Wildman–Crippen MR) is 87.7 cm³/mol. The maximum absolute atomic E-state index is 12.0. The summed E-state index contributed by atoms with van der Waals surface area (Å²) in [5.41, 5.74) is 1.75. The Morgan fingerprint density at radius 1 is 1.23 bits per heavy atom. The van der Waals surface area contributed by atoms with Crippen LogP contribution < -0.4 is 10.6 Å². The largest absolute Gasteiger partial charge is 0.357 e. The zero-order valence-corrected chi connectivity index (χ0v) is 14.6. The summed E-state index contributed by atoms with van der Waals surface area (Å²) in [4.78, 5) is 32.4. The van der Waals surface area contributed by atoms with Gasteiger partial charge in [0.05, 0.1) is 5.75 Å². The Morgan fingerprint density at radius 2 is 1.82 bits per heavy atom. The number of aryl methyl sites for hydroxylation is 2. The van der Waals surface area contributed by atoms with E-state index in [1.165, 1.54) is 11.8 Å². The fraction of sp³-hybridized carbons (Fsp3) is 0.600. The molecule has 6 nitrogen and oxygen atoms in total. The lowest BCUT2D eigenvalue weighted by molar-refractivity contribution is -0.127. The van der Waals surface area contributed by atoms with Crippen LogP contribution in [-0.4, -0.2) is 40.6 Å². The Morgan fingerprint density at radius 3 is 2.32 bits per heavy atom. The SMILES string of the molecule is CNC(=O)C(CC(C)C)NC(=O)CSc1nc(C)cc(C)n1. The van der Waals surface area contributed by atoms with Gasteiger partial charge in [0.25, 0.3) is 0 Å². The highest BCUT2D eigenvalue weighted by molar-refractivity contribution is 7.99. The number of hydrogen-bond donors (Lipinski definition) is 2. The van der Waals surface area contributed by atoms with Crippen LogP contribution in [0.1, 0.15) is 31.7 Å². The minimum absolute atomic E-state index is 0.172. The minimum atomic E-state index is -0.502. The Labute approximate surface area is 135 Å². The van der Waals surface area contributed by atoms with Crippen LogP contribution in [0.25, 0.3) is 0 Å². The normalized spacial score (nSPS) is 12.1. The van der Waals surface area contributed by atoms with E-state index in [9.17, 15) is 9.59 Å². The van der Waals surface area contributed by atoms with E-state index < -0.39 is 6.04 Å². The summed E-state index contributed by atoms with van der Waals surface area (Å²) >= 11 is 1.27. The van der Waals surface area contributed by atoms with Crippen LogP contribution in [0.15, 0.2) is 11.2 Å². The van der Waals surface area contributed by atoms with Crippen LogP contribution in [0.5, 0.6) is 0 Å². The molecule has 22 heavy (non-hydrogen) atoms. The van der Waals surface area contributed by atoms with Gasteiger partial charge in [0.1, 0.15) is 6.04 Å². The second-order valence-electron chi connectivity index (χ2n) is 5.59. The van der Waals surface area contributed by atoms with E-state index in [0.717, 1.165) is 11.4 Å². The fourth-order valence-corrected chi connectivity index (χ4v) is 2.76. The highest BCUT2D eigenvalue weighted by atomic mass is 32.2. The molecule has 0 spiro atoms. The second kappa shape index (κ2) is 8.73. The van der Waals surface area contributed by atoms with Gasteiger partial charge in [-0.3, -0.25) is 9.59 Å². The monoisotopic (exact) mass is 324 g/mol. The van der Waals surface area contributed by atoms with Gasteiger partial charge in [-0.2, -0.15) is 0 Å². The summed E-state index contributed by atoms with van der Waals surface area (Å²) in [5.74, 6) is 0.142. The molecule has 1 aromatic rings. The summed E-state index contributed by atoms with van der Waals surface area (Å²) in [6, 6.07) is 1.38. The number of nitrogens with one attached hydrogen (secondary N) is 2. The molecule has 0 radical (unpaired) electrons. The molecule has 0 aliphatic carbocycles. The zero-order valence-electron chi connectivity index (χ0n) is 13.8. The van der Waals surface area contributed by atoms with Crippen molar-refractivity contribution < 1.29 is 9.59 Å². The first kappa shape index (κ1) is 18.4. The van der Waals surface area contributed by atoms with Crippen molar-refractivity contribution in [3.63, 3.8) is 0 Å². The molecular weight excluding hydrogens is 300 g/mol. The predicted octanol–water partition coefficient (Wildman–Crippen LogP) is 1.46. The van der Waals surface area contributed by atoms with Crippen molar-refractivity contribution in [2.45, 2.75) is 45.3 Å². The topological polar surface area (TPSA) is 84.0 Å². The Hall–Kier alpha value is -1.63. The number of thioether (sulfide) groups is 1. The Balaban J connectivity index is 2.58. The summed E-state index contributed by atoms with van der Waals surface area (Å²) in [6.45, 7) is 7.81. The number of rotatable bonds is 7. The van der Waals surface area contributed by atoms with Crippen LogP contribution in [0, 0.1) is 19.8 Å². The van der Waals surface area contributed by atoms with Crippen molar-refractivity contribution in [1.29, 1.82) is 0 Å². The smallest absolute Gasteiger partial charge is 0.242 e. The number of amides is 2. The van der Waals surface area contributed by atoms with Gasteiger partial charge in [-0.1, -0.05) is 25.6 Å². The minimum Gasteiger partial charge on any atom is -0.357 e. The van der Waals surface area contributed by atoms with Crippen LogP contribution in [0.3, 0.4) is 0 Å². The van der Waals surface area contributed by atoms with Crippen LogP contribution in [-0.2, 0) is 9.59 Å². The summed E-state index contributed by atoms with van der Waals surface area (Å²) < 4.78 is 0. The molecule has 0 aromatic carbocycles. The van der Waals surface area contributed by atoms with E-state index in [4.69, 9.17) is 0 Å². The lowest BCUT2D eigenvalue weighted by Crippen LogP contribution is -2.47. The van der Waals surface area contributed by atoms with Gasteiger partial charge in [0.2, 0.25) is 11.8 Å². The van der Waals surface area contributed by atoms with Crippen molar-refractivity contribution in [3.8, 4) is 0 Å². The second-order valence-corrected chi connectivity index (χ2v) is 6.53. The molecule has 7 heteroatoms. The van der Waals surface area contributed by atoms with Crippen molar-refractivity contribution in [2.24, 2.45) is 5.92 Å². The molecule has 1 aromatic heterocycles. The number of likely N-dealkylation sites (N-methyl/N-ethyl adjacent to an activating group) is 1. The number of carbonyl (C=O) groups excluding carboxylic acids is 2. The quantitative estimate of drug-likeness (QED) is 0.586. The summed E-state index contributed by atoms with van der Waals surface area (Å²) in [7, 11) is 1.57. The average Bonchev–Trinajstić information content (AvgIpc) is 2.42. The molecule has 1 heterocycles. The van der Waals surface area contributed by atoms with Crippen molar-refractivity contribution >= 4 is 23.6 Å². The molecule has 0 saturated heterocycles. The molecule has 0 aliphatic rings. The first-order chi connectivity index (χ1) is 10.3. The van der Waals surface area contributed by atoms with Crippen LogP contribution >= 0.6 is 11.8 Å². The average molecular weight is 324 g/mol. The third kappa shape index (κ3) is 6.43. The summed E-state index contributed by atoms with van der Waals surface area (Å²) in [5, 5.41) is 5.93. The first-order valence-electron chi connectivity index (χ1n) is 7.27. The van der Waals surface area contributed by atoms with E-state index in [1.807, 2.05) is 33.8 Å². The third-order valence-corrected chi connectivity index (χ3v) is 3.75. The third-order valence-electron chi connectivity index (χ3n) is 2.90. The van der Waals surface area contributed by atoms with Gasteiger partial charge in [-0.15, -0.1) is 0 Å². The standard InChI is InChI=1S/C15H24N4O2S/c1-9(2)6-12(14(21)16-5)19-13(20)8-22-15-17-10(3)7-11(4)18-15/h7,9,12H,6,8H2,1-5H3,(H,16,21)(H,19,20). The Kier molecular flexibility index (Phi) is 7.31. The summed E-state index contributed by atoms with van der Waals surface area (Å²) in [6.07, 6.45) is 0.607. The van der Waals surface area contributed by atoms with E-state index in [1.54, 1.807) is 7.05 Å². The van der Waals surface area contributed by atoms with Crippen molar-refractivity contribution in [3.05, 3.63) is 17.5 Å². The van der Waals surface area contributed by atoms with E-state index in [-0.39, 0.29) is 17.6 Å². The maximum Gasteiger partial charge on any atom is 0.242 e. The van der Waals surface area contributed by atoms with E-state index in [2.05, 4.69) is 20.6 Å². The first-order valence-corrected chi connectivity index (χ1v) is 8.26. The molecule has 2 N–H and O–H groups in total. The number of carbonyl (C=O) groups is 2. The molecule has 2 amide bonds. The van der Waals surface area contributed by atoms with Crippen molar-refractivity contribution in [2.75, 3.05) is 12.8 Å². The highest BCUT2D eigenvalue weighted by Crippen LogP contribution is 2.14. The van der Waals surface area contributed by atoms with E-state index >= 15 is 0 Å². The van der Waals surface area contributed by atoms with Crippen molar-refractivity contribution in [1.82, 2.24) is 20.6 Å². The highest BCUT2D eigenvalue weighted by Gasteiger charge is 2.20. The molecule has 0 aliphatic heterocycles. The molecule has 1 rings (SSSR count). The molecule has 0 bridgehead atoms. The number of nitrogens with zero attached hydrogens (tertiary/aromatic N) is 2. The lowest BCUT2D eigenvalue weighted by atomic mass is 10.0. The van der Waals surface area contributed by atoms with Crippen LogP contribution in [0.4, 0.5) is 0 Å². The number of hydrogen-bond acceptors (Lipinski definition) is 5. The lowest BCUT2D eigenvalue weighted by Gasteiger charge is -2.18. The number of aromatic nitrogens is 2. The van der Waals surface area contributed by atoms with Gasteiger partial charge in [-0.25, -0.2) is 9.97 Å². The van der Waals surface area contributed by atoms with Gasteiger partial charge >= 0.3 is 0 Å². The molecule has 1 atom stereocenters. The van der Waals surface area contributed by atoms with Gasteiger partial charge in [0.15, 0.2) is 5.16 Å². The van der Waals surface area contributed by atoms with E-state index in [0.29, 0.717) is 17.5 Å². The van der Waals surface area contributed by atoms with Crippen LogP contribution in [0.2, 0.25) is 0 Å². The Bertz CT molecular complexity index is 514. The molecule has 1 unspecified atom stereocenters. The van der Waals surface area contributed by atoms with Gasteiger partial charge < -0.3 is 10.6 Å².